The highest BCUT2D eigenvalue weighted by Gasteiger charge is 2.21. The van der Waals surface area contributed by atoms with Crippen LogP contribution in [0.1, 0.15) is 20.8 Å². The van der Waals surface area contributed by atoms with Gasteiger partial charge in [-0.2, -0.15) is 0 Å². The Bertz CT molecular complexity index is 835. The lowest BCUT2D eigenvalue weighted by Crippen LogP contribution is -2.37. The number of benzene rings is 2. The first-order chi connectivity index (χ1) is 13.3. The molecule has 0 unspecified atom stereocenters. The van der Waals surface area contributed by atoms with Crippen molar-refractivity contribution in [3.05, 3.63) is 42.5 Å². The fraction of sp³-hybridized carbons (Fsp3) is 0.333. The lowest BCUT2D eigenvalue weighted by Gasteiger charge is -2.23. The molecular weight excluding hydrogens is 360 g/mol. The molecule has 0 radical (unpaired) electrons. The van der Waals surface area contributed by atoms with Gasteiger partial charge in [-0.1, -0.05) is 12.1 Å². The summed E-state index contributed by atoms with van der Waals surface area (Å²) in [4.78, 5) is 26.2. The summed E-state index contributed by atoms with van der Waals surface area (Å²) in [5, 5.41) is 2.81. The van der Waals surface area contributed by atoms with Crippen molar-refractivity contribution in [3.8, 4) is 17.2 Å². The number of ether oxygens (including phenoxy) is 3. The smallest absolute Gasteiger partial charge is 0.244 e. The molecule has 1 N–H and O–H groups in total. The Kier molecular flexibility index (Phi) is 7.26. The number of methoxy groups -OCH3 is 2. The second kappa shape index (κ2) is 9.64. The van der Waals surface area contributed by atoms with Gasteiger partial charge in [-0.25, -0.2) is 0 Å². The van der Waals surface area contributed by atoms with Crippen LogP contribution in [0.5, 0.6) is 17.2 Å². The number of hydrogen-bond donors (Lipinski definition) is 1. The van der Waals surface area contributed by atoms with Crippen LogP contribution in [0.3, 0.4) is 0 Å². The van der Waals surface area contributed by atoms with Crippen LogP contribution in [0, 0.1) is 0 Å². The summed E-state index contributed by atoms with van der Waals surface area (Å²) in [6.45, 7) is 5.02. The largest absolute Gasteiger partial charge is 0.497 e. The number of anilines is 2. The first-order valence-corrected chi connectivity index (χ1v) is 8.91. The molecule has 28 heavy (non-hydrogen) atoms. The van der Waals surface area contributed by atoms with Gasteiger partial charge >= 0.3 is 0 Å². The minimum Gasteiger partial charge on any atom is -0.497 e. The van der Waals surface area contributed by atoms with Crippen molar-refractivity contribution in [3.63, 3.8) is 0 Å². The van der Waals surface area contributed by atoms with Crippen molar-refractivity contribution in [1.82, 2.24) is 0 Å². The van der Waals surface area contributed by atoms with Gasteiger partial charge in [-0.05, 0) is 38.1 Å². The maximum atomic E-state index is 12.7. The Hall–Kier alpha value is -3.22. The molecule has 0 aromatic heterocycles. The highest BCUT2D eigenvalue weighted by molar-refractivity contribution is 6.03. The van der Waals surface area contributed by atoms with Crippen LogP contribution >= 0.6 is 0 Å². The topological polar surface area (TPSA) is 77.1 Å². The normalized spacial score (nSPS) is 10.4. The van der Waals surface area contributed by atoms with Crippen LogP contribution in [0.4, 0.5) is 11.4 Å². The van der Waals surface area contributed by atoms with Crippen molar-refractivity contribution >= 4 is 23.2 Å². The molecule has 7 heteroatoms. The van der Waals surface area contributed by atoms with E-state index in [9.17, 15) is 9.59 Å². The SMILES string of the molecule is COc1ccc(OC)c(N(CC(=O)Nc2ccccc2OC(C)C)C(C)=O)c1. The number of carbonyl (C=O) groups excluding carboxylic acids is 2. The standard InChI is InChI=1S/C21H26N2O5/c1-14(2)28-19-9-7-6-8-17(19)22-21(25)13-23(15(3)24)18-12-16(26-4)10-11-20(18)27-5/h6-12,14H,13H2,1-5H3,(H,22,25). The fourth-order valence-corrected chi connectivity index (χ4v) is 2.63. The van der Waals surface area contributed by atoms with E-state index in [2.05, 4.69) is 5.32 Å². The molecule has 0 heterocycles. The van der Waals surface area contributed by atoms with Gasteiger partial charge in [0.25, 0.3) is 0 Å². The predicted molar refractivity (Wildman–Crippen MR) is 108 cm³/mol. The van der Waals surface area contributed by atoms with Crippen LogP contribution < -0.4 is 24.4 Å². The zero-order chi connectivity index (χ0) is 20.7. The summed E-state index contributed by atoms with van der Waals surface area (Å²) < 4.78 is 16.3. The van der Waals surface area contributed by atoms with Gasteiger partial charge in [0.2, 0.25) is 11.8 Å². The average molecular weight is 386 g/mol. The second-order valence-corrected chi connectivity index (χ2v) is 6.35. The van der Waals surface area contributed by atoms with Gasteiger partial charge in [0.05, 0.1) is 31.7 Å². The first kappa shape index (κ1) is 21.1. The van der Waals surface area contributed by atoms with Crippen molar-refractivity contribution in [2.75, 3.05) is 31.0 Å². The van der Waals surface area contributed by atoms with Crippen LogP contribution in [-0.4, -0.2) is 38.7 Å². The number of para-hydroxylation sites is 2. The minimum atomic E-state index is -0.361. The summed E-state index contributed by atoms with van der Waals surface area (Å²) >= 11 is 0. The molecule has 0 spiro atoms. The molecule has 150 valence electrons. The highest BCUT2D eigenvalue weighted by Crippen LogP contribution is 2.32. The van der Waals surface area contributed by atoms with Crippen molar-refractivity contribution in [2.24, 2.45) is 0 Å². The second-order valence-electron chi connectivity index (χ2n) is 6.35. The minimum absolute atomic E-state index is 0.0344. The summed E-state index contributed by atoms with van der Waals surface area (Å²) in [5.74, 6) is 0.929. The first-order valence-electron chi connectivity index (χ1n) is 8.91. The third-order valence-electron chi connectivity index (χ3n) is 3.88. The van der Waals surface area contributed by atoms with E-state index in [1.165, 1.54) is 26.0 Å². The highest BCUT2D eigenvalue weighted by atomic mass is 16.5. The number of hydrogen-bond acceptors (Lipinski definition) is 5. The number of nitrogens with one attached hydrogen (secondary N) is 1. The molecule has 0 saturated carbocycles. The van der Waals surface area contributed by atoms with E-state index in [-0.39, 0.29) is 24.5 Å². The molecule has 2 amide bonds. The molecule has 0 aliphatic heterocycles. The maximum absolute atomic E-state index is 12.7. The number of carbonyl (C=O) groups is 2. The van der Waals surface area contributed by atoms with Crippen LogP contribution in [0.15, 0.2) is 42.5 Å². The zero-order valence-corrected chi connectivity index (χ0v) is 16.8. The van der Waals surface area contributed by atoms with E-state index in [1.807, 2.05) is 19.9 Å². The summed E-state index contributed by atoms with van der Waals surface area (Å²) in [6, 6.07) is 12.2. The van der Waals surface area contributed by atoms with E-state index < -0.39 is 0 Å². The Morgan fingerprint density at radius 2 is 1.75 bits per heavy atom. The monoisotopic (exact) mass is 386 g/mol. The Labute approximate surface area is 165 Å². The molecule has 0 bridgehead atoms. The van der Waals surface area contributed by atoms with Gasteiger partial charge in [0.15, 0.2) is 0 Å². The van der Waals surface area contributed by atoms with Gasteiger partial charge < -0.3 is 19.5 Å². The summed E-state index contributed by atoms with van der Waals surface area (Å²) in [6.07, 6.45) is -0.0344. The fourth-order valence-electron chi connectivity index (χ4n) is 2.63. The van der Waals surface area contributed by atoms with E-state index in [0.717, 1.165) is 0 Å². The maximum Gasteiger partial charge on any atom is 0.244 e. The molecule has 0 fully saturated rings. The number of nitrogens with zero attached hydrogens (tertiary/aromatic N) is 1. The molecule has 0 aliphatic carbocycles. The van der Waals surface area contributed by atoms with E-state index in [0.29, 0.717) is 28.6 Å². The quantitative estimate of drug-likeness (QED) is 0.752. The Morgan fingerprint density at radius 1 is 1.04 bits per heavy atom. The predicted octanol–water partition coefficient (Wildman–Crippen LogP) is 3.48. The number of rotatable bonds is 8. The van der Waals surface area contributed by atoms with Crippen LogP contribution in [0.25, 0.3) is 0 Å². The zero-order valence-electron chi connectivity index (χ0n) is 16.8. The van der Waals surface area contributed by atoms with Crippen molar-refractivity contribution in [2.45, 2.75) is 26.9 Å². The number of amides is 2. The molecule has 2 rings (SSSR count). The third kappa shape index (κ3) is 5.39. The lowest BCUT2D eigenvalue weighted by molar-refractivity contribution is -0.120. The molecule has 2 aromatic rings. The Morgan fingerprint density at radius 3 is 2.36 bits per heavy atom. The summed E-state index contributed by atoms with van der Waals surface area (Å²) in [5.41, 5.74) is 0.999. The van der Waals surface area contributed by atoms with Crippen LogP contribution in [-0.2, 0) is 9.59 Å². The van der Waals surface area contributed by atoms with Crippen LogP contribution in [0.2, 0.25) is 0 Å². The van der Waals surface area contributed by atoms with Crippen molar-refractivity contribution < 1.29 is 23.8 Å². The molecule has 7 nitrogen and oxygen atoms in total. The average Bonchev–Trinajstić information content (AvgIpc) is 2.66. The Balaban J connectivity index is 2.24. The van der Waals surface area contributed by atoms with Gasteiger partial charge in [0.1, 0.15) is 23.8 Å². The summed E-state index contributed by atoms with van der Waals surface area (Å²) in [7, 11) is 3.03. The molecular formula is C21H26N2O5. The lowest BCUT2D eigenvalue weighted by atomic mass is 10.2. The van der Waals surface area contributed by atoms with E-state index >= 15 is 0 Å². The third-order valence-corrected chi connectivity index (χ3v) is 3.88. The molecule has 0 aliphatic rings. The van der Waals surface area contributed by atoms with Crippen molar-refractivity contribution in [1.29, 1.82) is 0 Å². The molecule has 0 atom stereocenters. The van der Waals surface area contributed by atoms with E-state index in [4.69, 9.17) is 14.2 Å². The van der Waals surface area contributed by atoms with Gasteiger partial charge in [-0.15, -0.1) is 0 Å². The van der Waals surface area contributed by atoms with Gasteiger partial charge in [0, 0.05) is 13.0 Å². The molecule has 2 aromatic carbocycles. The van der Waals surface area contributed by atoms with Gasteiger partial charge in [-0.3, -0.25) is 14.5 Å². The molecule has 0 saturated heterocycles. The van der Waals surface area contributed by atoms with E-state index in [1.54, 1.807) is 36.4 Å².